The second kappa shape index (κ2) is 11.8. The molecule has 8 heteroatoms. The molecule has 0 saturated carbocycles. The average molecular weight is 422 g/mol. The van der Waals surface area contributed by atoms with Crippen LogP contribution in [0.5, 0.6) is 0 Å². The van der Waals surface area contributed by atoms with Crippen molar-refractivity contribution in [3.05, 3.63) is 28.3 Å². The molecule has 1 aromatic heterocycles. The van der Waals surface area contributed by atoms with Gasteiger partial charge in [-0.15, -0.1) is 11.3 Å². The second-order valence-corrected chi connectivity index (χ2v) is 8.59. The lowest BCUT2D eigenvalue weighted by Gasteiger charge is -2.25. The molecule has 0 atom stereocenters. The summed E-state index contributed by atoms with van der Waals surface area (Å²) in [6, 6.07) is 6.00. The van der Waals surface area contributed by atoms with Gasteiger partial charge in [0.2, 0.25) is 0 Å². The van der Waals surface area contributed by atoms with Gasteiger partial charge in [-0.25, -0.2) is 0 Å². The first kappa shape index (κ1) is 24.1. The second-order valence-electron chi connectivity index (χ2n) is 7.09. The number of anilines is 1. The number of carbonyl (C=O) groups is 1. The maximum atomic E-state index is 11.4. The number of nitriles is 1. The molecule has 0 spiro atoms. The van der Waals surface area contributed by atoms with Gasteiger partial charge in [0.15, 0.2) is 5.78 Å². The predicted octanol–water partition coefficient (Wildman–Crippen LogP) is 3.15. The fourth-order valence-electron chi connectivity index (χ4n) is 2.63. The Morgan fingerprint density at radius 2 is 1.93 bits per heavy atom. The predicted molar refractivity (Wildman–Crippen MR) is 122 cm³/mol. The van der Waals surface area contributed by atoms with Crippen molar-refractivity contribution in [3.8, 4) is 6.07 Å². The van der Waals surface area contributed by atoms with Gasteiger partial charge in [0, 0.05) is 31.9 Å². The van der Waals surface area contributed by atoms with E-state index in [9.17, 15) is 10.1 Å². The third-order valence-electron chi connectivity index (χ3n) is 4.41. The Morgan fingerprint density at radius 1 is 1.29 bits per heavy atom. The fraction of sp³-hybridized carbons (Fsp3) is 0.550. The summed E-state index contributed by atoms with van der Waals surface area (Å²) in [5.41, 5.74) is 12.0. The molecular formula is C20H31N5OS2. The molecule has 0 aromatic carbocycles. The number of hydrogen-bond donors (Lipinski definition) is 2. The number of nitrogens with zero attached hydrogens (tertiary/aromatic N) is 3. The highest BCUT2D eigenvalue weighted by Crippen LogP contribution is 2.27. The summed E-state index contributed by atoms with van der Waals surface area (Å²) >= 11 is 6.49. The van der Waals surface area contributed by atoms with Crippen LogP contribution in [0.25, 0.3) is 0 Å². The van der Waals surface area contributed by atoms with Crippen molar-refractivity contribution in [2.45, 2.75) is 34.1 Å². The van der Waals surface area contributed by atoms with Crippen LogP contribution in [0.2, 0.25) is 0 Å². The number of allylic oxidation sites excluding steroid dienone is 1. The number of rotatable bonds is 5. The minimum Gasteiger partial charge on any atom is -0.389 e. The van der Waals surface area contributed by atoms with E-state index in [1.165, 1.54) is 11.3 Å². The molecule has 4 N–H and O–H groups in total. The average Bonchev–Trinajstić information content (AvgIpc) is 3.01. The van der Waals surface area contributed by atoms with E-state index in [4.69, 9.17) is 23.7 Å². The van der Waals surface area contributed by atoms with Crippen LogP contribution in [0.1, 0.15) is 43.8 Å². The first-order chi connectivity index (χ1) is 13.2. The van der Waals surface area contributed by atoms with Gasteiger partial charge in [-0.3, -0.25) is 4.79 Å². The molecule has 1 aromatic rings. The van der Waals surface area contributed by atoms with Crippen LogP contribution in [0.4, 0.5) is 5.00 Å². The van der Waals surface area contributed by atoms with Crippen LogP contribution in [-0.2, 0) is 0 Å². The lowest BCUT2D eigenvalue weighted by Crippen LogP contribution is -2.31. The molecule has 0 aliphatic carbocycles. The number of ketones is 1. The summed E-state index contributed by atoms with van der Waals surface area (Å²) < 4.78 is 0. The SMILES string of the molecule is CC(=O)c1ccc(N2CCCN(/C(C)=C(/C#N)C(N)=S)CC2)s1.CC(C)CN. The lowest BCUT2D eigenvalue weighted by molar-refractivity contribution is 0.102. The Morgan fingerprint density at radius 3 is 2.39 bits per heavy atom. The van der Waals surface area contributed by atoms with Gasteiger partial charge in [0.05, 0.1) is 9.88 Å². The monoisotopic (exact) mass is 421 g/mol. The van der Waals surface area contributed by atoms with E-state index in [0.29, 0.717) is 11.5 Å². The largest absolute Gasteiger partial charge is 0.389 e. The number of hydrogen-bond acceptors (Lipinski definition) is 7. The number of thiocarbonyl (C=S) groups is 1. The Kier molecular flexibility index (Phi) is 10.1. The number of Topliss-reactive ketones (excluding diaryl/α,β-unsaturated/α-hetero) is 1. The minimum atomic E-state index is 0.103. The number of carbonyl (C=O) groups excluding carboxylic acids is 1. The lowest BCUT2D eigenvalue weighted by atomic mass is 10.2. The quantitative estimate of drug-likeness (QED) is 0.326. The summed E-state index contributed by atoms with van der Waals surface area (Å²) in [5.74, 6) is 0.765. The molecular weight excluding hydrogens is 390 g/mol. The highest BCUT2D eigenvalue weighted by atomic mass is 32.1. The van der Waals surface area contributed by atoms with E-state index in [-0.39, 0.29) is 10.8 Å². The van der Waals surface area contributed by atoms with Crippen LogP contribution in [0, 0.1) is 17.2 Å². The zero-order chi connectivity index (χ0) is 21.3. The molecule has 2 heterocycles. The van der Waals surface area contributed by atoms with Gasteiger partial charge in [0.1, 0.15) is 16.6 Å². The van der Waals surface area contributed by atoms with Crippen LogP contribution in [0.3, 0.4) is 0 Å². The molecule has 6 nitrogen and oxygen atoms in total. The maximum Gasteiger partial charge on any atom is 0.169 e. The van der Waals surface area contributed by atoms with Crippen molar-refractivity contribution in [1.82, 2.24) is 4.90 Å². The third-order valence-corrected chi connectivity index (χ3v) is 5.86. The molecule has 0 bridgehead atoms. The van der Waals surface area contributed by atoms with Crippen LogP contribution in [-0.4, -0.2) is 48.4 Å². The van der Waals surface area contributed by atoms with Gasteiger partial charge in [-0.1, -0.05) is 26.1 Å². The van der Waals surface area contributed by atoms with Crippen molar-refractivity contribution in [3.63, 3.8) is 0 Å². The van der Waals surface area contributed by atoms with E-state index in [2.05, 4.69) is 29.7 Å². The molecule has 1 aliphatic heterocycles. The first-order valence-electron chi connectivity index (χ1n) is 9.42. The summed E-state index contributed by atoms with van der Waals surface area (Å²) in [4.78, 5) is 16.8. The van der Waals surface area contributed by atoms with Crippen molar-refractivity contribution in [1.29, 1.82) is 5.26 Å². The van der Waals surface area contributed by atoms with Crippen LogP contribution >= 0.6 is 23.6 Å². The molecule has 28 heavy (non-hydrogen) atoms. The minimum absolute atomic E-state index is 0.103. The van der Waals surface area contributed by atoms with Crippen molar-refractivity contribution in [2.75, 3.05) is 37.6 Å². The Balaban J connectivity index is 0.000000696. The molecule has 1 saturated heterocycles. The van der Waals surface area contributed by atoms with Gasteiger partial charge in [-0.2, -0.15) is 5.26 Å². The van der Waals surface area contributed by atoms with Crippen LogP contribution in [0.15, 0.2) is 23.4 Å². The van der Waals surface area contributed by atoms with Gasteiger partial charge < -0.3 is 21.3 Å². The first-order valence-corrected chi connectivity index (χ1v) is 10.6. The molecule has 154 valence electrons. The van der Waals surface area contributed by atoms with E-state index in [1.807, 2.05) is 19.1 Å². The number of thiophene rings is 1. The van der Waals surface area contributed by atoms with Crippen molar-refractivity contribution < 1.29 is 4.79 Å². The summed E-state index contributed by atoms with van der Waals surface area (Å²) in [6.07, 6.45) is 0.973. The molecule has 0 amide bonds. The van der Waals surface area contributed by atoms with E-state index < -0.39 is 0 Å². The highest BCUT2D eigenvalue weighted by molar-refractivity contribution is 7.80. The number of nitrogens with two attached hydrogens (primary N) is 2. The Bertz CT molecular complexity index is 748. The Hall–Kier alpha value is -1.95. The molecule has 2 rings (SSSR count). The van der Waals surface area contributed by atoms with Crippen molar-refractivity contribution >= 4 is 39.3 Å². The Labute approximate surface area is 177 Å². The summed E-state index contributed by atoms with van der Waals surface area (Å²) in [7, 11) is 0. The van der Waals surface area contributed by atoms with Gasteiger partial charge in [-0.05, 0) is 44.9 Å². The van der Waals surface area contributed by atoms with E-state index in [0.717, 1.165) is 54.7 Å². The fourth-order valence-corrected chi connectivity index (χ4v) is 3.78. The van der Waals surface area contributed by atoms with Gasteiger partial charge >= 0.3 is 0 Å². The van der Waals surface area contributed by atoms with Gasteiger partial charge in [0.25, 0.3) is 0 Å². The van der Waals surface area contributed by atoms with E-state index in [1.54, 1.807) is 6.92 Å². The third kappa shape index (κ3) is 7.23. The van der Waals surface area contributed by atoms with Crippen molar-refractivity contribution in [2.24, 2.45) is 17.4 Å². The molecule has 0 unspecified atom stereocenters. The topological polar surface area (TPSA) is 99.4 Å². The zero-order valence-corrected chi connectivity index (χ0v) is 18.8. The smallest absolute Gasteiger partial charge is 0.169 e. The molecule has 1 aliphatic rings. The molecule has 1 fully saturated rings. The standard InChI is InChI=1S/C16H20N4OS2.C4H11N/c1-11(13(10-17)16(18)22)19-6-3-7-20(9-8-19)15-5-4-14(23-15)12(2)21;1-4(2)3-5/h4-5H,3,6-9H2,1-2H3,(H2,18,22);4H,3,5H2,1-2H3/b13-11-;. The highest BCUT2D eigenvalue weighted by Gasteiger charge is 2.19. The summed E-state index contributed by atoms with van der Waals surface area (Å²) in [6.45, 7) is 11.9. The van der Waals surface area contributed by atoms with E-state index >= 15 is 0 Å². The maximum absolute atomic E-state index is 11.4. The summed E-state index contributed by atoms with van der Waals surface area (Å²) in [5, 5.41) is 10.3. The zero-order valence-electron chi connectivity index (χ0n) is 17.2. The molecule has 0 radical (unpaired) electrons. The van der Waals surface area contributed by atoms with Crippen LogP contribution < -0.4 is 16.4 Å². The normalized spacial score (nSPS) is 15.2.